The Morgan fingerprint density at radius 2 is 1.92 bits per heavy atom. The molecule has 12 heavy (non-hydrogen) atoms. The highest BCUT2D eigenvalue weighted by atomic mass is 17.2. The van der Waals surface area contributed by atoms with Crippen molar-refractivity contribution in [3.63, 3.8) is 0 Å². The maximum atomic E-state index is 5.28. The molecule has 0 N–H and O–H groups in total. The molecule has 73 valence electrons. The van der Waals surface area contributed by atoms with Gasteiger partial charge in [-0.1, -0.05) is 20.8 Å². The second kappa shape index (κ2) is 7.53. The van der Waals surface area contributed by atoms with Crippen molar-refractivity contribution < 1.29 is 14.5 Å². The van der Waals surface area contributed by atoms with Crippen LogP contribution in [0.3, 0.4) is 0 Å². The van der Waals surface area contributed by atoms with Gasteiger partial charge in [-0.2, -0.15) is 0 Å². The summed E-state index contributed by atoms with van der Waals surface area (Å²) >= 11 is 0. The van der Waals surface area contributed by atoms with E-state index in [2.05, 4.69) is 20.8 Å². The summed E-state index contributed by atoms with van der Waals surface area (Å²) in [6, 6.07) is 0. The Morgan fingerprint density at radius 3 is 2.42 bits per heavy atom. The minimum Gasteiger partial charge on any atom is -0.350 e. The predicted molar refractivity (Wildman–Crippen MR) is 47.3 cm³/mol. The SMILES string of the molecule is [CH2]CCOOC(C)OCC(C)C. The molecular formula is C9H19O3. The maximum absolute atomic E-state index is 5.28. The Labute approximate surface area is 74.9 Å². The lowest BCUT2D eigenvalue weighted by molar-refractivity contribution is -0.373. The van der Waals surface area contributed by atoms with Gasteiger partial charge in [0.05, 0.1) is 13.2 Å². The van der Waals surface area contributed by atoms with E-state index in [4.69, 9.17) is 14.5 Å². The summed E-state index contributed by atoms with van der Waals surface area (Å²) in [6.45, 7) is 10.8. The Bertz CT molecular complexity index is 93.8. The molecule has 0 amide bonds. The zero-order chi connectivity index (χ0) is 9.40. The van der Waals surface area contributed by atoms with E-state index in [1.807, 2.05) is 6.92 Å². The van der Waals surface area contributed by atoms with Crippen molar-refractivity contribution in [3.8, 4) is 0 Å². The number of ether oxygens (including phenoxy) is 1. The highest BCUT2D eigenvalue weighted by molar-refractivity contribution is 4.39. The largest absolute Gasteiger partial charge is 0.350 e. The zero-order valence-electron chi connectivity index (χ0n) is 8.21. The number of hydrogen-bond donors (Lipinski definition) is 0. The third-order valence-corrected chi connectivity index (χ3v) is 1.10. The molecule has 0 aromatic heterocycles. The number of hydrogen-bond acceptors (Lipinski definition) is 3. The van der Waals surface area contributed by atoms with Crippen molar-refractivity contribution in [2.75, 3.05) is 13.2 Å². The summed E-state index contributed by atoms with van der Waals surface area (Å²) < 4.78 is 5.28. The number of rotatable bonds is 7. The molecule has 0 fully saturated rings. The topological polar surface area (TPSA) is 27.7 Å². The van der Waals surface area contributed by atoms with Gasteiger partial charge in [0, 0.05) is 0 Å². The lowest BCUT2D eigenvalue weighted by atomic mass is 10.2. The van der Waals surface area contributed by atoms with E-state index in [0.717, 1.165) is 0 Å². The molecule has 0 aromatic carbocycles. The maximum Gasteiger partial charge on any atom is 0.188 e. The average Bonchev–Trinajstić information content (AvgIpc) is 2.01. The van der Waals surface area contributed by atoms with Crippen molar-refractivity contribution in [1.82, 2.24) is 0 Å². The van der Waals surface area contributed by atoms with Crippen LogP contribution >= 0.6 is 0 Å². The molecule has 3 heteroatoms. The van der Waals surface area contributed by atoms with Gasteiger partial charge >= 0.3 is 0 Å². The molecule has 0 rings (SSSR count). The summed E-state index contributed by atoms with van der Waals surface area (Å²) in [5.74, 6) is 0.517. The Hall–Kier alpha value is -0.120. The predicted octanol–water partition coefficient (Wildman–Crippen LogP) is 2.18. The standard InChI is InChI=1S/C9H19O3/c1-5-6-11-12-9(4)10-7-8(2)3/h8-9H,1,5-7H2,2-4H3. The van der Waals surface area contributed by atoms with Gasteiger partial charge in [0.15, 0.2) is 6.29 Å². The molecule has 1 atom stereocenters. The van der Waals surface area contributed by atoms with Crippen molar-refractivity contribution in [1.29, 1.82) is 0 Å². The molecule has 0 bridgehead atoms. The molecule has 0 saturated heterocycles. The minimum absolute atomic E-state index is 0.293. The van der Waals surface area contributed by atoms with Crippen LogP contribution in [0, 0.1) is 12.8 Å². The van der Waals surface area contributed by atoms with Crippen LogP contribution in [0.25, 0.3) is 0 Å². The lowest BCUT2D eigenvalue weighted by Gasteiger charge is -2.13. The quantitative estimate of drug-likeness (QED) is 0.257. The Morgan fingerprint density at radius 1 is 1.25 bits per heavy atom. The van der Waals surface area contributed by atoms with Gasteiger partial charge in [0.1, 0.15) is 0 Å². The van der Waals surface area contributed by atoms with E-state index >= 15 is 0 Å². The fourth-order valence-corrected chi connectivity index (χ4v) is 0.559. The van der Waals surface area contributed by atoms with Crippen molar-refractivity contribution in [3.05, 3.63) is 6.92 Å². The first-order valence-electron chi connectivity index (χ1n) is 4.36. The van der Waals surface area contributed by atoms with E-state index in [1.54, 1.807) is 0 Å². The molecule has 0 saturated carbocycles. The summed E-state index contributed by atoms with van der Waals surface area (Å²) in [5.41, 5.74) is 0. The van der Waals surface area contributed by atoms with Gasteiger partial charge in [-0.05, 0) is 19.3 Å². The second-order valence-corrected chi connectivity index (χ2v) is 3.07. The molecular weight excluding hydrogens is 156 g/mol. The van der Waals surface area contributed by atoms with E-state index in [-0.39, 0.29) is 6.29 Å². The van der Waals surface area contributed by atoms with Crippen LogP contribution in [0.5, 0.6) is 0 Å². The van der Waals surface area contributed by atoms with E-state index in [9.17, 15) is 0 Å². The van der Waals surface area contributed by atoms with Crippen LogP contribution in [-0.2, 0) is 14.5 Å². The third-order valence-electron chi connectivity index (χ3n) is 1.10. The molecule has 0 aliphatic heterocycles. The van der Waals surface area contributed by atoms with E-state index in [1.165, 1.54) is 0 Å². The lowest BCUT2D eigenvalue weighted by Crippen LogP contribution is -2.16. The highest BCUT2D eigenvalue weighted by Gasteiger charge is 2.03. The fraction of sp³-hybridized carbons (Fsp3) is 0.889. The van der Waals surface area contributed by atoms with Gasteiger partial charge in [-0.25, -0.2) is 9.78 Å². The third kappa shape index (κ3) is 7.98. The second-order valence-electron chi connectivity index (χ2n) is 3.07. The van der Waals surface area contributed by atoms with Gasteiger partial charge in [-0.3, -0.25) is 0 Å². The molecule has 0 aromatic rings. The fourth-order valence-electron chi connectivity index (χ4n) is 0.559. The van der Waals surface area contributed by atoms with Crippen LogP contribution in [0.15, 0.2) is 0 Å². The van der Waals surface area contributed by atoms with Gasteiger partial charge in [0.25, 0.3) is 0 Å². The van der Waals surface area contributed by atoms with Crippen LogP contribution < -0.4 is 0 Å². The van der Waals surface area contributed by atoms with Crippen molar-refractivity contribution in [2.45, 2.75) is 33.5 Å². The van der Waals surface area contributed by atoms with E-state index in [0.29, 0.717) is 25.6 Å². The normalized spacial score (nSPS) is 13.8. The molecule has 0 aliphatic carbocycles. The van der Waals surface area contributed by atoms with Crippen LogP contribution in [0.4, 0.5) is 0 Å². The average molecular weight is 175 g/mol. The molecule has 0 spiro atoms. The van der Waals surface area contributed by atoms with Crippen LogP contribution in [0.1, 0.15) is 27.2 Å². The van der Waals surface area contributed by atoms with Crippen LogP contribution in [-0.4, -0.2) is 19.5 Å². The van der Waals surface area contributed by atoms with Crippen molar-refractivity contribution in [2.24, 2.45) is 5.92 Å². The summed E-state index contributed by atoms with van der Waals surface area (Å²) in [5, 5.41) is 0. The highest BCUT2D eigenvalue weighted by Crippen LogP contribution is 1.99. The molecule has 1 radical (unpaired) electrons. The molecule has 0 heterocycles. The van der Waals surface area contributed by atoms with E-state index < -0.39 is 0 Å². The Balaban J connectivity index is 3.15. The first-order chi connectivity index (χ1) is 5.66. The Kier molecular flexibility index (Phi) is 7.45. The summed E-state index contributed by atoms with van der Waals surface area (Å²) in [6.07, 6.45) is 0.413. The van der Waals surface area contributed by atoms with Gasteiger partial charge in [0.2, 0.25) is 0 Å². The molecule has 3 nitrogen and oxygen atoms in total. The van der Waals surface area contributed by atoms with Gasteiger partial charge in [-0.15, -0.1) is 0 Å². The molecule has 1 unspecified atom stereocenters. The van der Waals surface area contributed by atoms with Crippen molar-refractivity contribution >= 4 is 0 Å². The van der Waals surface area contributed by atoms with Crippen LogP contribution in [0.2, 0.25) is 0 Å². The monoisotopic (exact) mass is 175 g/mol. The molecule has 0 aliphatic rings. The smallest absolute Gasteiger partial charge is 0.188 e. The minimum atomic E-state index is -0.293. The van der Waals surface area contributed by atoms with Gasteiger partial charge < -0.3 is 4.74 Å². The summed E-state index contributed by atoms with van der Waals surface area (Å²) in [4.78, 5) is 9.66. The first-order valence-corrected chi connectivity index (χ1v) is 4.36. The first kappa shape index (κ1) is 11.9. The zero-order valence-corrected chi connectivity index (χ0v) is 8.21. The summed E-state index contributed by atoms with van der Waals surface area (Å²) in [7, 11) is 0.